The van der Waals surface area contributed by atoms with Gasteiger partial charge in [0.15, 0.2) is 0 Å². The molecule has 0 radical (unpaired) electrons. The Labute approximate surface area is 113 Å². The maximum Gasteiger partial charge on any atom is 0.119 e. The van der Waals surface area contributed by atoms with Crippen LogP contribution in [0.15, 0.2) is 24.3 Å². The smallest absolute Gasteiger partial charge is 0.119 e. The van der Waals surface area contributed by atoms with Crippen LogP contribution in [0.2, 0.25) is 0 Å². The van der Waals surface area contributed by atoms with Crippen molar-refractivity contribution in [1.29, 1.82) is 0 Å². The average Bonchev–Trinajstić information content (AvgIpc) is 2.70. The molecule has 2 aliphatic rings. The molecule has 2 aliphatic heterocycles. The minimum absolute atomic E-state index is 0.609. The van der Waals surface area contributed by atoms with Crippen molar-refractivity contribution in [3.63, 3.8) is 0 Å². The van der Waals surface area contributed by atoms with Gasteiger partial charge in [-0.05, 0) is 50.3 Å². The molecule has 0 aliphatic carbocycles. The highest BCUT2D eigenvalue weighted by Gasteiger charge is 2.44. The predicted octanol–water partition coefficient (Wildman–Crippen LogP) is 3.33. The van der Waals surface area contributed by atoms with E-state index in [1.807, 2.05) is 31.2 Å². The van der Waals surface area contributed by atoms with Crippen LogP contribution in [0.5, 0.6) is 5.75 Å². The molecule has 98 valence electrons. The molecule has 2 bridgehead atoms. The Morgan fingerprint density at radius 3 is 2.39 bits per heavy atom. The highest BCUT2D eigenvalue weighted by atomic mass is 32.2. The summed E-state index contributed by atoms with van der Waals surface area (Å²) in [4.78, 5) is 0. The summed E-state index contributed by atoms with van der Waals surface area (Å²) in [6.45, 7) is 2.67. The van der Waals surface area contributed by atoms with Crippen molar-refractivity contribution in [3.8, 4) is 5.75 Å². The lowest BCUT2D eigenvalue weighted by atomic mass is 9.86. The molecule has 3 rings (SSSR count). The van der Waals surface area contributed by atoms with E-state index in [-0.39, 0.29) is 0 Å². The van der Waals surface area contributed by atoms with Crippen LogP contribution in [0, 0.1) is 0 Å². The van der Waals surface area contributed by atoms with Gasteiger partial charge in [0, 0.05) is 10.5 Å². The SMILES string of the molecule is CCOc1ccc(C2(O)CC3CCC(C2)S3)cc1. The average molecular weight is 264 g/mol. The summed E-state index contributed by atoms with van der Waals surface area (Å²) in [5, 5.41) is 12.2. The molecule has 3 heteroatoms. The lowest BCUT2D eigenvalue weighted by Crippen LogP contribution is -2.34. The lowest BCUT2D eigenvalue weighted by Gasteiger charge is -2.36. The van der Waals surface area contributed by atoms with E-state index in [1.54, 1.807) is 0 Å². The monoisotopic (exact) mass is 264 g/mol. The number of hydrogen-bond acceptors (Lipinski definition) is 3. The largest absolute Gasteiger partial charge is 0.494 e. The summed E-state index contributed by atoms with van der Waals surface area (Å²) in [6.07, 6.45) is 4.35. The molecule has 1 N–H and O–H groups in total. The number of fused-ring (bicyclic) bond motifs is 2. The van der Waals surface area contributed by atoms with E-state index in [0.29, 0.717) is 17.1 Å². The van der Waals surface area contributed by atoms with Crippen molar-refractivity contribution in [2.75, 3.05) is 6.61 Å². The van der Waals surface area contributed by atoms with E-state index < -0.39 is 5.60 Å². The topological polar surface area (TPSA) is 29.5 Å². The molecule has 0 amide bonds. The van der Waals surface area contributed by atoms with Crippen molar-refractivity contribution < 1.29 is 9.84 Å². The summed E-state index contributed by atoms with van der Waals surface area (Å²) >= 11 is 2.08. The van der Waals surface area contributed by atoms with Crippen LogP contribution < -0.4 is 4.74 Å². The second kappa shape index (κ2) is 4.78. The van der Waals surface area contributed by atoms with Crippen LogP contribution in [0.3, 0.4) is 0 Å². The van der Waals surface area contributed by atoms with Crippen LogP contribution >= 0.6 is 11.8 Å². The molecule has 2 atom stereocenters. The van der Waals surface area contributed by atoms with Gasteiger partial charge in [-0.15, -0.1) is 0 Å². The third kappa shape index (κ3) is 2.26. The van der Waals surface area contributed by atoms with E-state index in [1.165, 1.54) is 12.8 Å². The lowest BCUT2D eigenvalue weighted by molar-refractivity contribution is 0.0196. The second-order valence-corrected chi connectivity index (χ2v) is 6.96. The van der Waals surface area contributed by atoms with Crippen molar-refractivity contribution in [3.05, 3.63) is 29.8 Å². The van der Waals surface area contributed by atoms with E-state index in [0.717, 1.165) is 24.2 Å². The zero-order valence-corrected chi connectivity index (χ0v) is 11.6. The third-order valence-corrected chi connectivity index (χ3v) is 5.60. The van der Waals surface area contributed by atoms with E-state index in [4.69, 9.17) is 4.74 Å². The molecule has 0 spiro atoms. The minimum Gasteiger partial charge on any atom is -0.494 e. The third-order valence-electron chi connectivity index (χ3n) is 4.03. The summed E-state index contributed by atoms with van der Waals surface area (Å²) in [7, 11) is 0. The normalized spacial score (nSPS) is 34.6. The Hall–Kier alpha value is -0.670. The number of thioether (sulfide) groups is 1. The highest BCUT2D eigenvalue weighted by molar-refractivity contribution is 8.00. The summed E-state index contributed by atoms with van der Waals surface area (Å²) in [6, 6.07) is 8.00. The molecule has 0 saturated carbocycles. The Balaban J connectivity index is 1.80. The maximum atomic E-state index is 10.9. The standard InChI is InChI=1S/C15H20O2S/c1-2-17-12-5-3-11(4-6-12)15(16)9-13-7-8-14(10-15)18-13/h3-6,13-14,16H,2,7-10H2,1H3. The van der Waals surface area contributed by atoms with Gasteiger partial charge in [0.05, 0.1) is 12.2 Å². The molecule has 2 nitrogen and oxygen atoms in total. The molecule has 0 aromatic heterocycles. The van der Waals surface area contributed by atoms with Crippen molar-refractivity contribution in [2.24, 2.45) is 0 Å². The first-order chi connectivity index (χ1) is 8.69. The van der Waals surface area contributed by atoms with Crippen molar-refractivity contribution >= 4 is 11.8 Å². The van der Waals surface area contributed by atoms with E-state index in [9.17, 15) is 5.11 Å². The molecule has 2 unspecified atom stereocenters. The van der Waals surface area contributed by atoms with Gasteiger partial charge in [-0.2, -0.15) is 11.8 Å². The van der Waals surface area contributed by atoms with Crippen molar-refractivity contribution in [2.45, 2.75) is 48.7 Å². The van der Waals surface area contributed by atoms with Gasteiger partial charge >= 0.3 is 0 Å². The molecule has 18 heavy (non-hydrogen) atoms. The molecule has 2 saturated heterocycles. The van der Waals surface area contributed by atoms with Gasteiger partial charge in [0.2, 0.25) is 0 Å². The van der Waals surface area contributed by atoms with E-state index >= 15 is 0 Å². The number of hydrogen-bond donors (Lipinski definition) is 1. The fourth-order valence-electron chi connectivity index (χ4n) is 3.18. The first-order valence-electron chi connectivity index (χ1n) is 6.81. The Morgan fingerprint density at radius 1 is 1.22 bits per heavy atom. The maximum absolute atomic E-state index is 10.9. The second-order valence-electron chi connectivity index (χ2n) is 5.35. The summed E-state index contributed by atoms with van der Waals surface area (Å²) in [5.74, 6) is 0.887. The molecule has 2 heterocycles. The van der Waals surface area contributed by atoms with Gasteiger partial charge in [0.1, 0.15) is 5.75 Å². The van der Waals surface area contributed by atoms with Gasteiger partial charge in [-0.25, -0.2) is 0 Å². The zero-order valence-electron chi connectivity index (χ0n) is 10.8. The van der Waals surface area contributed by atoms with Crippen molar-refractivity contribution in [1.82, 2.24) is 0 Å². The van der Waals surface area contributed by atoms with Gasteiger partial charge in [0.25, 0.3) is 0 Å². The number of ether oxygens (including phenoxy) is 1. The Bertz CT molecular complexity index is 403. The minimum atomic E-state index is -0.609. The molecular formula is C15H20O2S. The summed E-state index contributed by atoms with van der Waals surface area (Å²) in [5.41, 5.74) is 0.449. The van der Waals surface area contributed by atoms with Crippen LogP contribution in [0.1, 0.15) is 38.2 Å². The fraction of sp³-hybridized carbons (Fsp3) is 0.600. The van der Waals surface area contributed by atoms with Gasteiger partial charge in [-0.3, -0.25) is 0 Å². The highest BCUT2D eigenvalue weighted by Crippen LogP contribution is 2.51. The number of aliphatic hydroxyl groups is 1. The Kier molecular flexibility index (Phi) is 3.29. The first kappa shape index (κ1) is 12.4. The van der Waals surface area contributed by atoms with E-state index in [2.05, 4.69) is 11.8 Å². The molecule has 2 fully saturated rings. The van der Waals surface area contributed by atoms with Gasteiger partial charge < -0.3 is 9.84 Å². The molecule has 1 aromatic carbocycles. The quantitative estimate of drug-likeness (QED) is 0.908. The number of rotatable bonds is 3. The van der Waals surface area contributed by atoms with Crippen LogP contribution in [0.4, 0.5) is 0 Å². The molecular weight excluding hydrogens is 244 g/mol. The first-order valence-corrected chi connectivity index (χ1v) is 7.75. The zero-order chi connectivity index (χ0) is 12.6. The van der Waals surface area contributed by atoms with Crippen LogP contribution in [-0.2, 0) is 5.60 Å². The number of benzene rings is 1. The Morgan fingerprint density at radius 2 is 1.83 bits per heavy atom. The predicted molar refractivity (Wildman–Crippen MR) is 75.1 cm³/mol. The molecule has 1 aromatic rings. The van der Waals surface area contributed by atoms with Crippen LogP contribution in [-0.4, -0.2) is 22.2 Å². The fourth-order valence-corrected chi connectivity index (χ4v) is 5.01. The van der Waals surface area contributed by atoms with Crippen LogP contribution in [0.25, 0.3) is 0 Å². The van der Waals surface area contributed by atoms with Gasteiger partial charge in [-0.1, -0.05) is 12.1 Å². The summed E-state index contributed by atoms with van der Waals surface area (Å²) < 4.78 is 5.45.